The smallest absolute Gasteiger partial charge is 0.242 e. The average molecular weight is 314 g/mol. The maximum absolute atomic E-state index is 12.0. The van der Waals surface area contributed by atoms with Gasteiger partial charge in [-0.2, -0.15) is 0 Å². The van der Waals surface area contributed by atoms with Gasteiger partial charge in [0.2, 0.25) is 15.9 Å². The van der Waals surface area contributed by atoms with Crippen LogP contribution in [-0.4, -0.2) is 32.4 Å². The van der Waals surface area contributed by atoms with E-state index in [0.29, 0.717) is 18.7 Å². The number of unbranched alkanes of at least 4 members (excludes halogenated alkanes) is 1. The summed E-state index contributed by atoms with van der Waals surface area (Å²) in [6.45, 7) is 3.09. The summed E-state index contributed by atoms with van der Waals surface area (Å²) in [6, 6.07) is 3.15. The maximum Gasteiger partial charge on any atom is 0.242 e. The van der Waals surface area contributed by atoms with E-state index in [4.69, 9.17) is 5.73 Å². The molecule has 1 aromatic rings. The number of hydrogen-bond acceptors (Lipinski definition) is 5. The van der Waals surface area contributed by atoms with Crippen LogP contribution in [0.5, 0.6) is 0 Å². The zero-order valence-corrected chi connectivity index (χ0v) is 12.9. The predicted molar refractivity (Wildman–Crippen MR) is 81.3 cm³/mol. The lowest BCUT2D eigenvalue weighted by molar-refractivity contribution is -0.118. The Balaban J connectivity index is 2.48. The fraction of sp³-hybridized carbons (Fsp3) is 0.538. The van der Waals surface area contributed by atoms with Gasteiger partial charge in [0.1, 0.15) is 10.7 Å². The Morgan fingerprint density at radius 2 is 2.05 bits per heavy atom. The number of nitrogens with two attached hydrogens (primary N) is 1. The third kappa shape index (κ3) is 6.54. The Hall–Kier alpha value is -1.67. The minimum absolute atomic E-state index is 0.124. The lowest BCUT2D eigenvalue weighted by Crippen LogP contribution is -2.25. The van der Waals surface area contributed by atoms with Gasteiger partial charge in [0, 0.05) is 25.7 Å². The number of amides is 1. The van der Waals surface area contributed by atoms with E-state index >= 15 is 0 Å². The van der Waals surface area contributed by atoms with E-state index in [1.807, 2.05) is 6.92 Å². The molecule has 1 amide bonds. The summed E-state index contributed by atoms with van der Waals surface area (Å²) in [5.41, 5.74) is 5.01. The molecule has 0 fully saturated rings. The number of pyridine rings is 1. The average Bonchev–Trinajstić information content (AvgIpc) is 2.44. The van der Waals surface area contributed by atoms with Crippen LogP contribution in [0.3, 0.4) is 0 Å². The molecule has 21 heavy (non-hydrogen) atoms. The summed E-state index contributed by atoms with van der Waals surface area (Å²) in [5.74, 6) is 0.273. The Labute approximate surface area is 125 Å². The second kappa shape index (κ2) is 8.58. The summed E-state index contributed by atoms with van der Waals surface area (Å²) in [4.78, 5) is 14.7. The van der Waals surface area contributed by atoms with Gasteiger partial charge in [-0.25, -0.2) is 18.1 Å². The van der Waals surface area contributed by atoms with E-state index in [-0.39, 0.29) is 23.8 Å². The number of anilines is 1. The van der Waals surface area contributed by atoms with Crippen molar-refractivity contribution in [3.63, 3.8) is 0 Å². The number of primary amides is 1. The fourth-order valence-electron chi connectivity index (χ4n) is 1.61. The molecule has 1 heterocycles. The maximum atomic E-state index is 12.0. The Morgan fingerprint density at radius 1 is 1.29 bits per heavy atom. The lowest BCUT2D eigenvalue weighted by Gasteiger charge is -2.07. The van der Waals surface area contributed by atoms with Crippen LogP contribution < -0.4 is 15.8 Å². The molecule has 0 radical (unpaired) electrons. The molecular weight excluding hydrogens is 292 g/mol. The van der Waals surface area contributed by atoms with Gasteiger partial charge in [-0.05, 0) is 31.4 Å². The van der Waals surface area contributed by atoms with Gasteiger partial charge in [-0.15, -0.1) is 0 Å². The molecule has 0 spiro atoms. The SMILES string of the molecule is CCCNc1ccc(S(=O)(=O)NCCCCC(N)=O)cn1. The molecule has 0 atom stereocenters. The van der Waals surface area contributed by atoms with Crippen LogP contribution in [0.2, 0.25) is 0 Å². The molecule has 7 nitrogen and oxygen atoms in total. The normalized spacial score (nSPS) is 11.3. The van der Waals surface area contributed by atoms with E-state index in [0.717, 1.165) is 13.0 Å². The van der Waals surface area contributed by atoms with E-state index < -0.39 is 10.0 Å². The Kier molecular flexibility index (Phi) is 7.10. The summed E-state index contributed by atoms with van der Waals surface area (Å²) in [6.07, 6.45) is 3.68. The van der Waals surface area contributed by atoms with E-state index in [1.165, 1.54) is 12.3 Å². The third-order valence-corrected chi connectivity index (χ3v) is 4.19. The number of rotatable bonds is 10. The molecule has 118 valence electrons. The Bertz CT molecular complexity index is 543. The molecule has 0 aliphatic carbocycles. The van der Waals surface area contributed by atoms with E-state index in [2.05, 4.69) is 15.0 Å². The number of hydrogen-bond donors (Lipinski definition) is 3. The highest BCUT2D eigenvalue weighted by Gasteiger charge is 2.13. The molecule has 1 rings (SSSR count). The van der Waals surface area contributed by atoms with Crippen molar-refractivity contribution in [2.45, 2.75) is 37.5 Å². The quantitative estimate of drug-likeness (QED) is 0.554. The number of carbonyl (C=O) groups is 1. The first kappa shape index (κ1) is 17.4. The van der Waals surface area contributed by atoms with Crippen LogP contribution in [0.4, 0.5) is 5.82 Å². The molecule has 0 aliphatic heterocycles. The van der Waals surface area contributed by atoms with Crippen molar-refractivity contribution in [1.82, 2.24) is 9.71 Å². The first-order valence-corrected chi connectivity index (χ1v) is 8.42. The third-order valence-electron chi connectivity index (χ3n) is 2.74. The number of nitrogens with one attached hydrogen (secondary N) is 2. The molecule has 0 bridgehead atoms. The van der Waals surface area contributed by atoms with Gasteiger partial charge < -0.3 is 11.1 Å². The van der Waals surface area contributed by atoms with Crippen molar-refractivity contribution in [2.75, 3.05) is 18.4 Å². The monoisotopic (exact) mass is 314 g/mol. The first-order chi connectivity index (χ1) is 9.95. The van der Waals surface area contributed by atoms with Gasteiger partial charge in [-0.3, -0.25) is 4.79 Å². The summed E-state index contributed by atoms with van der Waals surface area (Å²) >= 11 is 0. The topological polar surface area (TPSA) is 114 Å². The number of sulfonamides is 1. The summed E-state index contributed by atoms with van der Waals surface area (Å²) in [5, 5.41) is 3.07. The van der Waals surface area contributed by atoms with Gasteiger partial charge in [-0.1, -0.05) is 6.92 Å². The standard InChI is InChI=1S/C13H22N4O3S/c1-2-8-15-13-7-6-11(10-16-13)21(19,20)17-9-4-3-5-12(14)18/h6-7,10,17H,2-5,8-9H2,1H3,(H2,14,18)(H,15,16). The van der Waals surface area contributed by atoms with Crippen molar-refractivity contribution in [1.29, 1.82) is 0 Å². The van der Waals surface area contributed by atoms with Crippen LogP contribution in [0.15, 0.2) is 23.2 Å². The second-order valence-electron chi connectivity index (χ2n) is 4.63. The van der Waals surface area contributed by atoms with Gasteiger partial charge in [0.25, 0.3) is 0 Å². The van der Waals surface area contributed by atoms with Crippen molar-refractivity contribution in [3.05, 3.63) is 18.3 Å². The molecule has 0 saturated carbocycles. The van der Waals surface area contributed by atoms with Gasteiger partial charge in [0.05, 0.1) is 0 Å². The van der Waals surface area contributed by atoms with Gasteiger partial charge >= 0.3 is 0 Å². The van der Waals surface area contributed by atoms with Crippen LogP contribution in [-0.2, 0) is 14.8 Å². The summed E-state index contributed by atoms with van der Waals surface area (Å²) in [7, 11) is -3.55. The van der Waals surface area contributed by atoms with Crippen molar-refractivity contribution < 1.29 is 13.2 Å². The molecule has 0 aromatic carbocycles. The molecule has 0 aliphatic rings. The second-order valence-corrected chi connectivity index (χ2v) is 6.39. The zero-order valence-electron chi connectivity index (χ0n) is 12.1. The van der Waals surface area contributed by atoms with Crippen LogP contribution in [0, 0.1) is 0 Å². The zero-order chi connectivity index (χ0) is 15.7. The van der Waals surface area contributed by atoms with E-state index in [1.54, 1.807) is 6.07 Å². The molecule has 8 heteroatoms. The molecule has 1 aromatic heterocycles. The lowest BCUT2D eigenvalue weighted by atomic mass is 10.2. The van der Waals surface area contributed by atoms with E-state index in [9.17, 15) is 13.2 Å². The highest BCUT2D eigenvalue weighted by Crippen LogP contribution is 2.10. The number of aromatic nitrogens is 1. The minimum Gasteiger partial charge on any atom is -0.370 e. The Morgan fingerprint density at radius 3 is 2.62 bits per heavy atom. The number of nitrogens with zero attached hydrogens (tertiary/aromatic N) is 1. The van der Waals surface area contributed by atoms with Gasteiger partial charge in [0.15, 0.2) is 0 Å². The predicted octanol–water partition coefficient (Wildman–Crippen LogP) is 0.837. The largest absolute Gasteiger partial charge is 0.370 e. The highest BCUT2D eigenvalue weighted by atomic mass is 32.2. The molecule has 0 saturated heterocycles. The van der Waals surface area contributed by atoms with Crippen LogP contribution in [0.25, 0.3) is 0 Å². The molecule has 0 unspecified atom stereocenters. The van der Waals surface area contributed by atoms with Crippen LogP contribution >= 0.6 is 0 Å². The highest BCUT2D eigenvalue weighted by molar-refractivity contribution is 7.89. The minimum atomic E-state index is -3.55. The van der Waals surface area contributed by atoms with Crippen LogP contribution in [0.1, 0.15) is 32.6 Å². The van der Waals surface area contributed by atoms with Crippen molar-refractivity contribution >= 4 is 21.7 Å². The van der Waals surface area contributed by atoms with Crippen molar-refractivity contribution in [2.24, 2.45) is 5.73 Å². The fourth-order valence-corrected chi connectivity index (χ4v) is 2.63. The number of carbonyl (C=O) groups excluding carboxylic acids is 1. The van der Waals surface area contributed by atoms with Crippen molar-refractivity contribution in [3.8, 4) is 0 Å². The molecular formula is C13H22N4O3S. The summed E-state index contributed by atoms with van der Waals surface area (Å²) < 4.78 is 26.5. The first-order valence-electron chi connectivity index (χ1n) is 6.93. The molecule has 4 N–H and O–H groups in total.